The molecule has 0 heterocycles. The van der Waals surface area contributed by atoms with Gasteiger partial charge in [-0.3, -0.25) is 0 Å². The van der Waals surface area contributed by atoms with Gasteiger partial charge in [0.1, 0.15) is 5.75 Å². The number of hydrogen-bond donors (Lipinski definition) is 0. The molecule has 0 amide bonds. The van der Waals surface area contributed by atoms with Crippen molar-refractivity contribution < 1.29 is 4.74 Å². The summed E-state index contributed by atoms with van der Waals surface area (Å²) in [4.78, 5) is 0.383. The molecule has 0 aromatic heterocycles. The van der Waals surface area contributed by atoms with Gasteiger partial charge in [-0.2, -0.15) is 0 Å². The molecule has 0 N–H and O–H groups in total. The van der Waals surface area contributed by atoms with Gasteiger partial charge in [0.15, 0.2) is 0 Å². The molecule has 0 fully saturated rings. The zero-order valence-electron chi connectivity index (χ0n) is 8.02. The summed E-state index contributed by atoms with van der Waals surface area (Å²) in [7, 11) is 1.71. The number of fused-ring (bicyclic) bond motifs is 1. The summed E-state index contributed by atoms with van der Waals surface area (Å²) in [5.41, 5.74) is 2.49. The van der Waals surface area contributed by atoms with Crippen molar-refractivity contribution >= 4 is 27.5 Å². The van der Waals surface area contributed by atoms with E-state index in [4.69, 9.17) is 16.3 Å². The van der Waals surface area contributed by atoms with E-state index < -0.39 is 0 Å². The highest BCUT2D eigenvalue weighted by Crippen LogP contribution is 2.43. The van der Waals surface area contributed by atoms with Crippen molar-refractivity contribution in [1.29, 1.82) is 0 Å². The molecule has 1 aliphatic carbocycles. The first-order chi connectivity index (χ1) is 6.74. The van der Waals surface area contributed by atoms with E-state index in [0.29, 0.717) is 4.83 Å². The molecule has 1 unspecified atom stereocenters. The molecule has 1 aromatic rings. The van der Waals surface area contributed by atoms with E-state index in [1.807, 2.05) is 12.1 Å². The van der Waals surface area contributed by atoms with Crippen LogP contribution in [0.5, 0.6) is 5.75 Å². The molecule has 0 aliphatic heterocycles. The maximum Gasteiger partial charge on any atom is 0.122 e. The predicted molar refractivity (Wildman–Crippen MR) is 62.6 cm³/mol. The molecule has 1 atom stereocenters. The van der Waals surface area contributed by atoms with Crippen LogP contribution in [0.4, 0.5) is 0 Å². The lowest BCUT2D eigenvalue weighted by Gasteiger charge is -2.24. The Kier molecular flexibility index (Phi) is 3.03. The van der Waals surface area contributed by atoms with Crippen molar-refractivity contribution in [3.8, 4) is 5.75 Å². The first-order valence-corrected chi connectivity index (χ1v) is 6.02. The SMILES string of the molecule is COc1ccc(Cl)c2c1CCCC2Br. The summed E-state index contributed by atoms with van der Waals surface area (Å²) in [5, 5.41) is 0.849. The fraction of sp³-hybridized carbons (Fsp3) is 0.455. The van der Waals surface area contributed by atoms with E-state index in [2.05, 4.69) is 15.9 Å². The lowest BCUT2D eigenvalue weighted by atomic mass is 9.91. The molecular weight excluding hydrogens is 263 g/mol. The predicted octanol–water partition coefficient (Wildman–Crippen LogP) is 4.12. The third kappa shape index (κ3) is 1.66. The van der Waals surface area contributed by atoms with Crippen LogP contribution in [0.2, 0.25) is 5.02 Å². The van der Waals surface area contributed by atoms with Gasteiger partial charge in [0.05, 0.1) is 7.11 Å². The van der Waals surface area contributed by atoms with Crippen LogP contribution in [-0.4, -0.2) is 7.11 Å². The fourth-order valence-electron chi connectivity index (χ4n) is 2.01. The van der Waals surface area contributed by atoms with Crippen molar-refractivity contribution in [2.45, 2.75) is 24.1 Å². The molecule has 3 heteroatoms. The maximum atomic E-state index is 6.18. The third-order valence-corrected chi connectivity index (χ3v) is 3.92. The van der Waals surface area contributed by atoms with Crippen molar-refractivity contribution in [1.82, 2.24) is 0 Å². The molecule has 0 bridgehead atoms. The number of rotatable bonds is 1. The van der Waals surface area contributed by atoms with E-state index in [0.717, 1.165) is 23.6 Å². The van der Waals surface area contributed by atoms with E-state index in [9.17, 15) is 0 Å². The van der Waals surface area contributed by atoms with Crippen LogP contribution in [0.15, 0.2) is 12.1 Å². The van der Waals surface area contributed by atoms with Gasteiger partial charge in [-0.15, -0.1) is 0 Å². The van der Waals surface area contributed by atoms with Crippen molar-refractivity contribution in [2.24, 2.45) is 0 Å². The van der Waals surface area contributed by atoms with Crippen LogP contribution in [0.3, 0.4) is 0 Å². The highest BCUT2D eigenvalue weighted by molar-refractivity contribution is 9.09. The van der Waals surface area contributed by atoms with Crippen molar-refractivity contribution in [3.63, 3.8) is 0 Å². The van der Waals surface area contributed by atoms with Gasteiger partial charge in [0.25, 0.3) is 0 Å². The van der Waals surface area contributed by atoms with Crippen LogP contribution in [0.1, 0.15) is 28.8 Å². The molecule has 2 rings (SSSR count). The average Bonchev–Trinajstić information content (AvgIpc) is 2.18. The van der Waals surface area contributed by atoms with Crippen molar-refractivity contribution in [2.75, 3.05) is 7.11 Å². The van der Waals surface area contributed by atoms with Gasteiger partial charge >= 0.3 is 0 Å². The molecule has 76 valence electrons. The molecule has 0 radical (unpaired) electrons. The van der Waals surface area contributed by atoms with Gasteiger partial charge in [0.2, 0.25) is 0 Å². The fourth-order valence-corrected chi connectivity index (χ4v) is 3.29. The summed E-state index contributed by atoms with van der Waals surface area (Å²) in [6, 6.07) is 3.87. The Morgan fingerprint density at radius 2 is 2.29 bits per heavy atom. The Morgan fingerprint density at radius 3 is 3.00 bits per heavy atom. The van der Waals surface area contributed by atoms with Crippen molar-refractivity contribution in [3.05, 3.63) is 28.3 Å². The number of hydrogen-bond acceptors (Lipinski definition) is 1. The van der Waals surface area contributed by atoms with Crippen LogP contribution in [-0.2, 0) is 6.42 Å². The largest absolute Gasteiger partial charge is 0.496 e. The van der Waals surface area contributed by atoms with Crippen LogP contribution in [0.25, 0.3) is 0 Å². The minimum atomic E-state index is 0.383. The summed E-state index contributed by atoms with van der Waals surface area (Å²) in [5.74, 6) is 0.966. The number of alkyl halides is 1. The monoisotopic (exact) mass is 274 g/mol. The minimum Gasteiger partial charge on any atom is -0.496 e. The molecule has 1 aliphatic rings. The standard InChI is InChI=1S/C11H12BrClO/c1-14-10-6-5-9(13)11-7(10)3-2-4-8(11)12/h5-6,8H,2-4H2,1H3. The zero-order chi connectivity index (χ0) is 10.1. The summed E-state index contributed by atoms with van der Waals surface area (Å²) in [6.45, 7) is 0. The van der Waals surface area contributed by atoms with Gasteiger partial charge in [-0.25, -0.2) is 0 Å². The molecule has 14 heavy (non-hydrogen) atoms. The maximum absolute atomic E-state index is 6.18. The lowest BCUT2D eigenvalue weighted by Crippen LogP contribution is -2.07. The summed E-state index contributed by atoms with van der Waals surface area (Å²) >= 11 is 9.84. The third-order valence-electron chi connectivity index (χ3n) is 2.68. The Hall–Kier alpha value is -0.210. The topological polar surface area (TPSA) is 9.23 Å². The van der Waals surface area contributed by atoms with Gasteiger partial charge in [0, 0.05) is 9.85 Å². The Balaban J connectivity index is 2.57. The van der Waals surface area contributed by atoms with Crippen LogP contribution in [0, 0.1) is 0 Å². The van der Waals surface area contributed by atoms with Crippen LogP contribution < -0.4 is 4.74 Å². The Bertz CT molecular complexity index is 351. The van der Waals surface area contributed by atoms with E-state index in [1.54, 1.807) is 7.11 Å². The zero-order valence-corrected chi connectivity index (χ0v) is 10.4. The second-order valence-electron chi connectivity index (χ2n) is 3.50. The number of ether oxygens (including phenoxy) is 1. The summed E-state index contributed by atoms with van der Waals surface area (Å²) < 4.78 is 5.34. The Labute approximate surface area is 97.5 Å². The molecule has 1 nitrogen and oxygen atoms in total. The Morgan fingerprint density at radius 1 is 1.50 bits per heavy atom. The summed E-state index contributed by atoms with van der Waals surface area (Å²) in [6.07, 6.45) is 3.42. The molecule has 0 spiro atoms. The van der Waals surface area contributed by atoms with E-state index >= 15 is 0 Å². The van der Waals surface area contributed by atoms with Gasteiger partial charge < -0.3 is 4.74 Å². The molecule has 1 aromatic carbocycles. The highest BCUT2D eigenvalue weighted by Gasteiger charge is 2.23. The average molecular weight is 276 g/mol. The second kappa shape index (κ2) is 4.11. The van der Waals surface area contributed by atoms with Gasteiger partial charge in [-0.1, -0.05) is 27.5 Å². The smallest absolute Gasteiger partial charge is 0.122 e. The molecular formula is C11H12BrClO. The highest BCUT2D eigenvalue weighted by atomic mass is 79.9. The quantitative estimate of drug-likeness (QED) is 0.701. The normalized spacial score (nSPS) is 20.4. The van der Waals surface area contributed by atoms with Gasteiger partial charge in [-0.05, 0) is 42.5 Å². The van der Waals surface area contributed by atoms with E-state index in [-0.39, 0.29) is 0 Å². The first-order valence-electron chi connectivity index (χ1n) is 4.73. The second-order valence-corrected chi connectivity index (χ2v) is 5.01. The molecule has 0 saturated heterocycles. The number of halogens is 2. The van der Waals surface area contributed by atoms with Crippen LogP contribution >= 0.6 is 27.5 Å². The number of benzene rings is 1. The lowest BCUT2D eigenvalue weighted by molar-refractivity contribution is 0.406. The first kappa shape index (κ1) is 10.3. The van der Waals surface area contributed by atoms with E-state index in [1.165, 1.54) is 17.5 Å². The minimum absolute atomic E-state index is 0.383. The molecule has 0 saturated carbocycles. The number of methoxy groups -OCH3 is 1.